The van der Waals surface area contributed by atoms with Crippen LogP contribution >= 0.6 is 0 Å². The molecule has 4 heteroatoms. The third-order valence-corrected chi connectivity index (χ3v) is 4.60. The average molecular weight is 291 g/mol. The van der Waals surface area contributed by atoms with Crippen LogP contribution in [0.2, 0.25) is 0 Å². The summed E-state index contributed by atoms with van der Waals surface area (Å²) < 4.78 is 5.45. The van der Waals surface area contributed by atoms with E-state index in [1.165, 1.54) is 19.3 Å². The van der Waals surface area contributed by atoms with E-state index >= 15 is 0 Å². The highest BCUT2D eigenvalue weighted by atomic mass is 16.5. The van der Waals surface area contributed by atoms with Crippen molar-refractivity contribution in [2.45, 2.75) is 52.4 Å². The highest BCUT2D eigenvalue weighted by Crippen LogP contribution is 2.47. The van der Waals surface area contributed by atoms with Gasteiger partial charge in [0, 0.05) is 18.3 Å². The fourth-order valence-electron chi connectivity index (χ4n) is 3.42. The molecule has 2 atom stereocenters. The first-order valence-electron chi connectivity index (χ1n) is 8.13. The topological polar surface area (TPSA) is 47.0 Å². The van der Waals surface area contributed by atoms with Crippen LogP contribution in [0.1, 0.15) is 58.1 Å². The molecular weight excluding hydrogens is 262 g/mol. The van der Waals surface area contributed by atoms with E-state index in [0.717, 1.165) is 25.2 Å². The van der Waals surface area contributed by atoms with Gasteiger partial charge >= 0.3 is 0 Å². The lowest BCUT2D eigenvalue weighted by molar-refractivity contribution is 0.155. The van der Waals surface area contributed by atoms with Crippen molar-refractivity contribution >= 4 is 0 Å². The number of hydrogen-bond donors (Lipinski definition) is 1. The van der Waals surface area contributed by atoms with E-state index < -0.39 is 0 Å². The number of methoxy groups -OCH3 is 1. The van der Waals surface area contributed by atoms with Crippen molar-refractivity contribution in [3.8, 4) is 5.88 Å². The fourth-order valence-corrected chi connectivity index (χ4v) is 3.42. The summed E-state index contributed by atoms with van der Waals surface area (Å²) in [4.78, 5) is 8.95. The Morgan fingerprint density at radius 2 is 2.10 bits per heavy atom. The number of nitrogens with zero attached hydrogens (tertiary/aromatic N) is 2. The van der Waals surface area contributed by atoms with Crippen molar-refractivity contribution < 1.29 is 4.74 Å². The van der Waals surface area contributed by atoms with E-state index in [2.05, 4.69) is 36.1 Å². The lowest BCUT2D eigenvalue weighted by Gasteiger charge is -2.40. The van der Waals surface area contributed by atoms with Crippen molar-refractivity contribution in [3.63, 3.8) is 0 Å². The summed E-state index contributed by atoms with van der Waals surface area (Å²) in [5.41, 5.74) is 1.41. The van der Waals surface area contributed by atoms with E-state index in [1.54, 1.807) is 19.5 Å². The lowest BCUT2D eigenvalue weighted by Crippen LogP contribution is -2.35. The number of nitrogens with one attached hydrogen (secondary N) is 1. The Morgan fingerprint density at radius 3 is 2.81 bits per heavy atom. The monoisotopic (exact) mass is 291 g/mol. The Labute approximate surface area is 128 Å². The Hall–Kier alpha value is -1.16. The van der Waals surface area contributed by atoms with E-state index in [9.17, 15) is 0 Å². The molecule has 118 valence electrons. The smallest absolute Gasteiger partial charge is 0.235 e. The van der Waals surface area contributed by atoms with E-state index in [1.807, 2.05) is 0 Å². The summed E-state index contributed by atoms with van der Waals surface area (Å²) in [5.74, 6) is 1.75. The van der Waals surface area contributed by atoms with Gasteiger partial charge in [0.05, 0.1) is 7.11 Å². The summed E-state index contributed by atoms with van der Waals surface area (Å²) in [6, 6.07) is 0. The number of hydrogen-bond acceptors (Lipinski definition) is 4. The molecule has 1 heterocycles. The maximum atomic E-state index is 5.45. The largest absolute Gasteiger partial charge is 0.480 e. The summed E-state index contributed by atoms with van der Waals surface area (Å²) in [5, 5.41) is 3.58. The fraction of sp³-hybridized carbons (Fsp3) is 0.765. The first-order valence-corrected chi connectivity index (χ1v) is 8.13. The summed E-state index contributed by atoms with van der Waals surface area (Å²) >= 11 is 0. The molecule has 1 aliphatic rings. The Bertz CT molecular complexity index is 447. The Kier molecular flexibility index (Phi) is 5.57. The number of rotatable bonds is 6. The maximum Gasteiger partial charge on any atom is 0.235 e. The van der Waals surface area contributed by atoms with Crippen LogP contribution in [0.25, 0.3) is 0 Å². The molecular formula is C17H29N3O. The maximum absolute atomic E-state index is 5.45. The molecule has 0 bridgehead atoms. The van der Waals surface area contributed by atoms with E-state index in [4.69, 9.17) is 4.74 Å². The van der Waals surface area contributed by atoms with Crippen LogP contribution in [0, 0.1) is 11.3 Å². The lowest BCUT2D eigenvalue weighted by atomic mass is 9.66. The van der Waals surface area contributed by atoms with Gasteiger partial charge in [-0.15, -0.1) is 0 Å². The van der Waals surface area contributed by atoms with Gasteiger partial charge < -0.3 is 10.1 Å². The van der Waals surface area contributed by atoms with Gasteiger partial charge in [-0.3, -0.25) is 4.98 Å². The molecule has 2 rings (SSSR count). The summed E-state index contributed by atoms with van der Waals surface area (Å²) in [6.07, 6.45) is 8.35. The van der Waals surface area contributed by atoms with Gasteiger partial charge in [0.25, 0.3) is 0 Å². The second-order valence-electron chi connectivity index (χ2n) is 6.93. The van der Waals surface area contributed by atoms with Crippen LogP contribution < -0.4 is 10.1 Å². The predicted molar refractivity (Wildman–Crippen MR) is 85.6 cm³/mol. The molecule has 21 heavy (non-hydrogen) atoms. The van der Waals surface area contributed by atoms with Crippen molar-refractivity contribution in [2.75, 3.05) is 20.2 Å². The van der Waals surface area contributed by atoms with Crippen LogP contribution in [0.15, 0.2) is 12.4 Å². The van der Waals surface area contributed by atoms with Gasteiger partial charge in [0.2, 0.25) is 5.88 Å². The zero-order valence-corrected chi connectivity index (χ0v) is 13.9. The van der Waals surface area contributed by atoms with Crippen molar-refractivity contribution in [1.82, 2.24) is 15.3 Å². The third kappa shape index (κ3) is 4.16. The van der Waals surface area contributed by atoms with Crippen molar-refractivity contribution in [2.24, 2.45) is 11.3 Å². The highest BCUT2D eigenvalue weighted by molar-refractivity contribution is 5.24. The van der Waals surface area contributed by atoms with Gasteiger partial charge in [0.15, 0.2) is 0 Å². The molecule has 0 amide bonds. The molecule has 0 aliphatic heterocycles. The zero-order valence-electron chi connectivity index (χ0n) is 13.9. The molecule has 0 aromatic carbocycles. The molecule has 1 N–H and O–H groups in total. The van der Waals surface area contributed by atoms with Crippen LogP contribution in [-0.4, -0.2) is 30.2 Å². The third-order valence-electron chi connectivity index (χ3n) is 4.60. The zero-order chi connectivity index (χ0) is 15.3. The standard InChI is InChI=1S/C17H29N3O/c1-5-8-18-12-13-6-7-17(2,3)11-14(13)15-16(21-4)20-10-9-19-15/h9-10,13-14,18H,5-8,11-12H2,1-4H3. The van der Waals surface area contributed by atoms with Crippen molar-refractivity contribution in [3.05, 3.63) is 18.1 Å². The van der Waals surface area contributed by atoms with Crippen LogP contribution in [-0.2, 0) is 0 Å². The molecule has 1 aromatic heterocycles. The molecule has 4 nitrogen and oxygen atoms in total. The molecule has 1 aromatic rings. The molecule has 0 spiro atoms. The second kappa shape index (κ2) is 7.21. The van der Waals surface area contributed by atoms with Gasteiger partial charge in [0.1, 0.15) is 5.69 Å². The van der Waals surface area contributed by atoms with Crippen LogP contribution in [0.4, 0.5) is 0 Å². The van der Waals surface area contributed by atoms with Crippen LogP contribution in [0.5, 0.6) is 5.88 Å². The number of ether oxygens (including phenoxy) is 1. The summed E-state index contributed by atoms with van der Waals surface area (Å²) in [7, 11) is 1.69. The quantitative estimate of drug-likeness (QED) is 0.816. The molecule has 2 unspecified atom stereocenters. The predicted octanol–water partition coefficient (Wildman–Crippen LogP) is 3.39. The van der Waals surface area contributed by atoms with Crippen LogP contribution in [0.3, 0.4) is 0 Å². The Morgan fingerprint density at radius 1 is 1.33 bits per heavy atom. The molecule has 0 radical (unpaired) electrons. The van der Waals surface area contributed by atoms with E-state index in [-0.39, 0.29) is 0 Å². The molecule has 0 saturated heterocycles. The van der Waals surface area contributed by atoms with Gasteiger partial charge in [-0.2, -0.15) is 0 Å². The minimum atomic E-state index is 0.369. The van der Waals surface area contributed by atoms with Crippen molar-refractivity contribution in [1.29, 1.82) is 0 Å². The second-order valence-corrected chi connectivity index (χ2v) is 6.93. The minimum absolute atomic E-state index is 0.369. The summed E-state index contributed by atoms with van der Waals surface area (Å²) in [6.45, 7) is 9.08. The average Bonchev–Trinajstić information content (AvgIpc) is 2.48. The minimum Gasteiger partial charge on any atom is -0.480 e. The first-order chi connectivity index (χ1) is 10.1. The highest BCUT2D eigenvalue weighted by Gasteiger charge is 2.37. The molecule has 1 fully saturated rings. The molecule has 1 aliphatic carbocycles. The number of aromatic nitrogens is 2. The Balaban J connectivity index is 2.20. The first kappa shape index (κ1) is 16.2. The van der Waals surface area contributed by atoms with E-state index in [0.29, 0.717) is 23.1 Å². The van der Waals surface area contributed by atoms with Gasteiger partial charge in [-0.25, -0.2) is 4.98 Å². The SMILES string of the molecule is CCCNCC1CCC(C)(C)CC1c1nccnc1OC. The molecule has 1 saturated carbocycles. The van der Waals surface area contributed by atoms with Gasteiger partial charge in [-0.05, 0) is 50.1 Å². The normalized spacial score (nSPS) is 24.8. The van der Waals surface area contributed by atoms with Gasteiger partial charge in [-0.1, -0.05) is 20.8 Å².